The number of hydrogen-bond acceptors (Lipinski definition) is 4. The second-order valence-electron chi connectivity index (χ2n) is 18.6. The average Bonchev–Trinajstić information content (AvgIpc) is 3.52. The number of ether oxygens (including phenoxy) is 2. The van der Waals surface area contributed by atoms with Gasteiger partial charge in [-0.05, 0) is 144 Å². The molecule has 10 atom stereocenters. The average molecular weight is 713 g/mol. The Balaban J connectivity index is 1.05. The van der Waals surface area contributed by atoms with Gasteiger partial charge in [0.1, 0.15) is 12.2 Å². The molecular weight excluding hydrogens is 653 g/mol. The van der Waals surface area contributed by atoms with Gasteiger partial charge in [0.25, 0.3) is 0 Å². The highest BCUT2D eigenvalue weighted by atomic mass is 16.6. The predicted octanol–water partition coefficient (Wildman–Crippen LogP) is 12.5. The van der Waals surface area contributed by atoms with Crippen molar-refractivity contribution in [1.82, 2.24) is 0 Å². The molecule has 4 aromatic carbocycles. The fourth-order valence-corrected chi connectivity index (χ4v) is 12.6. The molecule has 0 saturated heterocycles. The van der Waals surface area contributed by atoms with Gasteiger partial charge in [-0.3, -0.25) is 0 Å². The van der Waals surface area contributed by atoms with Crippen LogP contribution in [0.15, 0.2) is 84.9 Å². The maximum Gasteiger partial charge on any atom is 0.338 e. The largest absolute Gasteiger partial charge is 0.459 e. The number of rotatable bonds is 9. The molecule has 4 aromatic rings. The summed E-state index contributed by atoms with van der Waals surface area (Å²) in [4.78, 5) is 27.7. The van der Waals surface area contributed by atoms with Crippen LogP contribution in [0.5, 0.6) is 0 Å². The Labute approximate surface area is 317 Å². The van der Waals surface area contributed by atoms with Crippen LogP contribution in [0.3, 0.4) is 0 Å². The first kappa shape index (κ1) is 36.3. The lowest BCUT2D eigenvalue weighted by Gasteiger charge is -2.62. The van der Waals surface area contributed by atoms with Gasteiger partial charge in [-0.2, -0.15) is 0 Å². The highest BCUT2D eigenvalue weighted by Gasteiger charge is 2.63. The van der Waals surface area contributed by atoms with E-state index in [0.29, 0.717) is 34.3 Å². The highest BCUT2D eigenvalue weighted by molar-refractivity contribution is 5.96. The summed E-state index contributed by atoms with van der Waals surface area (Å²) in [6, 6.07) is 28.1. The minimum atomic E-state index is -0.254. The summed E-state index contributed by atoms with van der Waals surface area (Å²) >= 11 is 0. The summed E-state index contributed by atoms with van der Waals surface area (Å²) in [6.07, 6.45) is 12.3. The summed E-state index contributed by atoms with van der Waals surface area (Å²) in [5, 5.41) is 4.33. The van der Waals surface area contributed by atoms with Crippen LogP contribution in [0, 0.1) is 52.3 Å². The first-order valence-electron chi connectivity index (χ1n) is 20.9. The second kappa shape index (κ2) is 14.5. The number of carbonyl (C=O) groups is 2. The number of fused-ring (bicyclic) bond motifs is 7. The molecule has 0 heterocycles. The fraction of sp³-hybridized carbons (Fsp3) is 0.551. The van der Waals surface area contributed by atoms with E-state index >= 15 is 0 Å². The van der Waals surface area contributed by atoms with E-state index < -0.39 is 0 Å². The molecule has 4 saturated carbocycles. The molecule has 4 nitrogen and oxygen atoms in total. The normalized spacial score (nSPS) is 32.8. The Bertz CT molecular complexity index is 1960. The van der Waals surface area contributed by atoms with Crippen molar-refractivity contribution >= 4 is 33.5 Å². The van der Waals surface area contributed by atoms with Crippen molar-refractivity contribution in [3.63, 3.8) is 0 Å². The zero-order valence-electron chi connectivity index (χ0n) is 32.7. The van der Waals surface area contributed by atoms with E-state index in [1.807, 2.05) is 66.7 Å². The smallest absolute Gasteiger partial charge is 0.338 e. The summed E-state index contributed by atoms with van der Waals surface area (Å²) in [5.74, 6) is 3.79. The molecule has 280 valence electrons. The van der Waals surface area contributed by atoms with Crippen molar-refractivity contribution in [3.8, 4) is 0 Å². The lowest BCUT2D eigenvalue weighted by atomic mass is 9.43. The van der Waals surface area contributed by atoms with Gasteiger partial charge in [0.2, 0.25) is 0 Å². The van der Waals surface area contributed by atoms with Crippen molar-refractivity contribution in [2.24, 2.45) is 52.3 Å². The number of carbonyl (C=O) groups excluding carboxylic acids is 2. The maximum absolute atomic E-state index is 14.1. The van der Waals surface area contributed by atoms with Gasteiger partial charge in [0.15, 0.2) is 0 Å². The van der Waals surface area contributed by atoms with Crippen LogP contribution >= 0.6 is 0 Å². The summed E-state index contributed by atoms with van der Waals surface area (Å²) in [6.45, 7) is 12.4. The van der Waals surface area contributed by atoms with E-state index in [1.165, 1.54) is 44.9 Å². The van der Waals surface area contributed by atoms with Crippen molar-refractivity contribution in [1.29, 1.82) is 0 Å². The van der Waals surface area contributed by atoms with Gasteiger partial charge < -0.3 is 9.47 Å². The zero-order valence-corrected chi connectivity index (χ0v) is 32.7. The van der Waals surface area contributed by atoms with Crippen LogP contribution in [0.4, 0.5) is 0 Å². The van der Waals surface area contributed by atoms with E-state index in [1.54, 1.807) is 0 Å². The molecule has 0 aliphatic heterocycles. The Hall–Kier alpha value is -3.66. The maximum atomic E-state index is 14.1. The molecule has 0 spiro atoms. The van der Waals surface area contributed by atoms with Gasteiger partial charge >= 0.3 is 11.9 Å². The molecule has 0 aromatic heterocycles. The van der Waals surface area contributed by atoms with Crippen LogP contribution in [0.2, 0.25) is 0 Å². The summed E-state index contributed by atoms with van der Waals surface area (Å²) in [5.41, 5.74) is 1.60. The lowest BCUT2D eigenvalue weighted by Crippen LogP contribution is -2.59. The van der Waals surface area contributed by atoms with Crippen LogP contribution in [0.25, 0.3) is 21.5 Å². The van der Waals surface area contributed by atoms with Crippen molar-refractivity contribution in [2.45, 2.75) is 117 Å². The number of esters is 2. The molecule has 0 N–H and O–H groups in total. The zero-order chi connectivity index (χ0) is 36.9. The van der Waals surface area contributed by atoms with Crippen molar-refractivity contribution in [2.75, 3.05) is 0 Å². The molecule has 0 unspecified atom stereocenters. The van der Waals surface area contributed by atoms with Crippen LogP contribution in [-0.4, -0.2) is 24.1 Å². The van der Waals surface area contributed by atoms with Crippen molar-refractivity contribution < 1.29 is 19.1 Å². The van der Waals surface area contributed by atoms with Gasteiger partial charge in [-0.15, -0.1) is 0 Å². The highest BCUT2D eigenvalue weighted by Crippen LogP contribution is 2.69. The number of benzene rings is 4. The van der Waals surface area contributed by atoms with Gasteiger partial charge in [0, 0.05) is 5.92 Å². The fourth-order valence-electron chi connectivity index (χ4n) is 12.6. The SMILES string of the molecule is CC(C)CCC[C@@H](C)[C@H]1CC[C@H]2[C@@H]3C[C@H](OC(=O)c4ccc5ccccc5c4)[C@H]4C[C@@H](OC(=O)c5ccc6ccccc6c5)CC[C@]4(C)[C@H]3CC[C@]12C. The molecule has 0 radical (unpaired) electrons. The lowest BCUT2D eigenvalue weighted by molar-refractivity contribution is -0.174. The topological polar surface area (TPSA) is 52.6 Å². The molecule has 4 heteroatoms. The quantitative estimate of drug-likeness (QED) is 0.162. The van der Waals surface area contributed by atoms with E-state index in [4.69, 9.17) is 9.47 Å². The Morgan fingerprint density at radius 2 is 1.23 bits per heavy atom. The molecule has 53 heavy (non-hydrogen) atoms. The van der Waals surface area contributed by atoms with Crippen LogP contribution in [-0.2, 0) is 9.47 Å². The van der Waals surface area contributed by atoms with E-state index in [0.717, 1.165) is 65.0 Å². The molecule has 0 bridgehead atoms. The first-order chi connectivity index (χ1) is 25.5. The standard InChI is InChI=1S/C49H60O4/c1-31(2)11-10-12-32(3)41-21-22-42-40-30-45(53-47(51)38-20-18-34-14-7-9-16-36(34)28-38)44-29-39(23-25-49(44,5)43(40)24-26-48(41,42)4)52-46(50)37-19-17-33-13-6-8-15-35(33)27-37/h6-9,13-20,27-28,31-32,39-45H,10-12,21-26,29-30H2,1-5H3/t32-,39+,40+,41-,42+,43+,44-,45+,48-,49-/m1/s1. The molecule has 4 aliphatic carbocycles. The predicted molar refractivity (Wildman–Crippen MR) is 215 cm³/mol. The van der Waals surface area contributed by atoms with Crippen LogP contribution in [0.1, 0.15) is 126 Å². The van der Waals surface area contributed by atoms with Crippen molar-refractivity contribution in [3.05, 3.63) is 96.1 Å². The molecular formula is C49H60O4. The van der Waals surface area contributed by atoms with E-state index in [9.17, 15) is 9.59 Å². The molecule has 0 amide bonds. The Kier molecular flexibility index (Phi) is 9.96. The van der Waals surface area contributed by atoms with Crippen LogP contribution < -0.4 is 0 Å². The third kappa shape index (κ3) is 6.82. The third-order valence-electron chi connectivity index (χ3n) is 15.3. The summed E-state index contributed by atoms with van der Waals surface area (Å²) in [7, 11) is 0. The molecule has 8 rings (SSSR count). The molecule has 4 fully saturated rings. The van der Waals surface area contributed by atoms with Gasteiger partial charge in [-0.1, -0.05) is 115 Å². The minimum absolute atomic E-state index is 0.0331. The first-order valence-corrected chi connectivity index (χ1v) is 20.9. The Morgan fingerprint density at radius 1 is 0.642 bits per heavy atom. The van der Waals surface area contributed by atoms with E-state index in [-0.39, 0.29) is 35.5 Å². The second-order valence-corrected chi connectivity index (χ2v) is 18.6. The monoisotopic (exact) mass is 712 g/mol. The molecule has 4 aliphatic rings. The number of hydrogen-bond donors (Lipinski definition) is 0. The summed E-state index contributed by atoms with van der Waals surface area (Å²) < 4.78 is 13.1. The minimum Gasteiger partial charge on any atom is -0.459 e. The van der Waals surface area contributed by atoms with E-state index in [2.05, 4.69) is 52.8 Å². The Morgan fingerprint density at radius 3 is 1.87 bits per heavy atom. The third-order valence-corrected chi connectivity index (χ3v) is 15.3. The van der Waals surface area contributed by atoms with Gasteiger partial charge in [0.05, 0.1) is 11.1 Å². The van der Waals surface area contributed by atoms with Gasteiger partial charge in [-0.25, -0.2) is 9.59 Å².